The molecular formula is C24H25N3O4. The maximum atomic E-state index is 13.1. The van der Waals surface area contributed by atoms with Gasteiger partial charge in [0.1, 0.15) is 6.61 Å². The second-order valence-corrected chi connectivity index (χ2v) is 7.20. The molecule has 160 valence electrons. The molecule has 7 heteroatoms. The standard InChI is InChI=1S/C24H25N3O4/c1-4-5-6-14-31-24(28)22-17(3)26-16(2)21(18-10-12-25-13-11-18)23(22)19-8-7-9-20(15-19)27(29)30/h5-13,15,23,26H,4,14H2,1-3H3. The number of dihydropyridines is 1. The molecule has 0 radical (unpaired) electrons. The zero-order chi connectivity index (χ0) is 22.4. The Morgan fingerprint density at radius 1 is 1.19 bits per heavy atom. The summed E-state index contributed by atoms with van der Waals surface area (Å²) in [5.74, 6) is -0.979. The molecule has 0 aliphatic carbocycles. The van der Waals surface area contributed by atoms with Gasteiger partial charge >= 0.3 is 5.97 Å². The first kappa shape index (κ1) is 22.0. The summed E-state index contributed by atoms with van der Waals surface area (Å²) in [5, 5.41) is 14.7. The SMILES string of the molecule is CCC=CCOC(=O)C1=C(C)NC(C)=C(c2ccncc2)C1c1cccc([N+](=O)[O-])c1. The minimum atomic E-state index is -0.522. The van der Waals surface area contributed by atoms with E-state index in [1.54, 1.807) is 30.6 Å². The topological polar surface area (TPSA) is 94.4 Å². The molecule has 0 saturated carbocycles. The fraction of sp³-hybridized carbons (Fsp3) is 0.250. The third-order valence-corrected chi connectivity index (χ3v) is 5.10. The highest BCUT2D eigenvalue weighted by atomic mass is 16.6. The Morgan fingerprint density at radius 2 is 1.94 bits per heavy atom. The average Bonchev–Trinajstić information content (AvgIpc) is 2.76. The predicted octanol–water partition coefficient (Wildman–Crippen LogP) is 4.89. The van der Waals surface area contributed by atoms with Gasteiger partial charge in [-0.3, -0.25) is 15.1 Å². The number of pyridine rings is 1. The smallest absolute Gasteiger partial charge is 0.337 e. The number of allylic oxidation sites excluding steroid dienone is 4. The number of nitrogens with one attached hydrogen (secondary N) is 1. The van der Waals surface area contributed by atoms with Crippen molar-refractivity contribution < 1.29 is 14.5 Å². The van der Waals surface area contributed by atoms with Gasteiger partial charge in [0.25, 0.3) is 5.69 Å². The van der Waals surface area contributed by atoms with Crippen LogP contribution in [0.1, 0.15) is 44.2 Å². The van der Waals surface area contributed by atoms with Gasteiger partial charge in [-0.25, -0.2) is 4.79 Å². The number of non-ortho nitro benzene ring substituents is 1. The molecule has 1 N–H and O–H groups in total. The Morgan fingerprint density at radius 3 is 2.61 bits per heavy atom. The summed E-state index contributed by atoms with van der Waals surface area (Å²) < 4.78 is 5.51. The van der Waals surface area contributed by atoms with Gasteiger partial charge in [0.05, 0.1) is 10.5 Å². The Labute approximate surface area is 181 Å². The van der Waals surface area contributed by atoms with Gasteiger partial charge in [0.2, 0.25) is 0 Å². The van der Waals surface area contributed by atoms with E-state index < -0.39 is 16.8 Å². The number of hydrogen-bond donors (Lipinski definition) is 1. The Bertz CT molecular complexity index is 1070. The van der Waals surface area contributed by atoms with Crippen LogP contribution >= 0.6 is 0 Å². The van der Waals surface area contributed by atoms with Crippen molar-refractivity contribution in [3.8, 4) is 0 Å². The summed E-state index contributed by atoms with van der Waals surface area (Å²) in [5.41, 5.74) is 4.31. The van der Waals surface area contributed by atoms with Crippen LogP contribution in [0.5, 0.6) is 0 Å². The van der Waals surface area contributed by atoms with Crippen LogP contribution in [0.25, 0.3) is 5.57 Å². The molecule has 0 amide bonds. The summed E-state index contributed by atoms with van der Waals surface area (Å²) in [6.07, 6.45) is 7.94. The lowest BCUT2D eigenvalue weighted by atomic mass is 9.78. The maximum Gasteiger partial charge on any atom is 0.337 e. The van der Waals surface area contributed by atoms with Crippen molar-refractivity contribution in [2.45, 2.75) is 33.1 Å². The molecule has 3 rings (SSSR count). The van der Waals surface area contributed by atoms with Crippen molar-refractivity contribution in [2.75, 3.05) is 6.61 Å². The van der Waals surface area contributed by atoms with E-state index >= 15 is 0 Å². The van der Waals surface area contributed by atoms with E-state index in [4.69, 9.17) is 4.74 Å². The third kappa shape index (κ3) is 4.88. The van der Waals surface area contributed by atoms with Gasteiger partial charge in [-0.1, -0.05) is 31.2 Å². The van der Waals surface area contributed by atoms with E-state index in [0.29, 0.717) is 16.8 Å². The number of carbonyl (C=O) groups excluding carboxylic acids is 1. The van der Waals surface area contributed by atoms with Crippen molar-refractivity contribution in [2.24, 2.45) is 0 Å². The van der Waals surface area contributed by atoms with Crippen LogP contribution in [-0.4, -0.2) is 22.5 Å². The first-order chi connectivity index (χ1) is 14.9. The zero-order valence-electron chi connectivity index (χ0n) is 17.8. The summed E-state index contributed by atoms with van der Waals surface area (Å²) >= 11 is 0. The molecule has 2 heterocycles. The molecule has 31 heavy (non-hydrogen) atoms. The van der Waals surface area contributed by atoms with Crippen LogP contribution < -0.4 is 5.32 Å². The number of aromatic nitrogens is 1. The van der Waals surface area contributed by atoms with E-state index in [0.717, 1.165) is 23.3 Å². The molecule has 1 aliphatic rings. The first-order valence-corrected chi connectivity index (χ1v) is 10.1. The Balaban J connectivity index is 2.13. The predicted molar refractivity (Wildman–Crippen MR) is 119 cm³/mol. The van der Waals surface area contributed by atoms with Crippen molar-refractivity contribution >= 4 is 17.2 Å². The molecule has 7 nitrogen and oxygen atoms in total. The van der Waals surface area contributed by atoms with Gasteiger partial charge in [-0.2, -0.15) is 0 Å². The van der Waals surface area contributed by atoms with Crippen molar-refractivity contribution in [3.05, 3.63) is 99.2 Å². The van der Waals surface area contributed by atoms with E-state index in [-0.39, 0.29) is 12.3 Å². The largest absolute Gasteiger partial charge is 0.458 e. The highest BCUT2D eigenvalue weighted by molar-refractivity contribution is 5.97. The van der Waals surface area contributed by atoms with Crippen LogP contribution in [0.15, 0.2) is 77.9 Å². The van der Waals surface area contributed by atoms with Crippen LogP contribution in [0, 0.1) is 10.1 Å². The summed E-state index contributed by atoms with van der Waals surface area (Å²) in [4.78, 5) is 28.2. The number of rotatable bonds is 7. The molecule has 1 aromatic heterocycles. The summed E-state index contributed by atoms with van der Waals surface area (Å²) in [6, 6.07) is 10.1. The maximum absolute atomic E-state index is 13.1. The fourth-order valence-electron chi connectivity index (χ4n) is 3.77. The minimum absolute atomic E-state index is 0.0287. The molecule has 0 spiro atoms. The molecule has 0 fully saturated rings. The monoisotopic (exact) mass is 419 g/mol. The van der Waals surface area contributed by atoms with Crippen molar-refractivity contribution in [3.63, 3.8) is 0 Å². The Hall–Kier alpha value is -3.74. The van der Waals surface area contributed by atoms with E-state index in [2.05, 4.69) is 10.3 Å². The number of carbonyl (C=O) groups is 1. The minimum Gasteiger partial charge on any atom is -0.458 e. The highest BCUT2D eigenvalue weighted by Crippen LogP contribution is 2.44. The van der Waals surface area contributed by atoms with Gasteiger partial charge in [0.15, 0.2) is 0 Å². The molecule has 1 aromatic carbocycles. The number of nitrogens with zero attached hydrogens (tertiary/aromatic N) is 2. The van der Waals surface area contributed by atoms with E-state index in [9.17, 15) is 14.9 Å². The number of nitro benzene ring substituents is 1. The quantitative estimate of drug-likeness (QED) is 0.297. The number of hydrogen-bond acceptors (Lipinski definition) is 6. The molecule has 0 bridgehead atoms. The van der Waals surface area contributed by atoms with Crippen LogP contribution in [0.3, 0.4) is 0 Å². The normalized spacial score (nSPS) is 16.4. The number of benzene rings is 1. The van der Waals surface area contributed by atoms with E-state index in [1.807, 2.05) is 39.0 Å². The number of esters is 1. The molecule has 1 unspecified atom stereocenters. The van der Waals surface area contributed by atoms with Gasteiger partial charge < -0.3 is 10.1 Å². The molecule has 2 aromatic rings. The van der Waals surface area contributed by atoms with Crippen LogP contribution in [0.4, 0.5) is 5.69 Å². The summed E-state index contributed by atoms with van der Waals surface area (Å²) in [6.45, 7) is 5.91. The lowest BCUT2D eigenvalue weighted by Gasteiger charge is -2.31. The molecule has 1 aliphatic heterocycles. The van der Waals surface area contributed by atoms with Crippen LogP contribution in [0.2, 0.25) is 0 Å². The lowest BCUT2D eigenvalue weighted by molar-refractivity contribution is -0.384. The van der Waals surface area contributed by atoms with E-state index in [1.165, 1.54) is 12.1 Å². The van der Waals surface area contributed by atoms with Gasteiger partial charge in [-0.05, 0) is 49.1 Å². The summed E-state index contributed by atoms with van der Waals surface area (Å²) in [7, 11) is 0. The molecule has 1 atom stereocenters. The third-order valence-electron chi connectivity index (χ3n) is 5.10. The van der Waals surface area contributed by atoms with Crippen molar-refractivity contribution in [1.29, 1.82) is 0 Å². The molecular weight excluding hydrogens is 394 g/mol. The molecule has 0 saturated heterocycles. The highest BCUT2D eigenvalue weighted by Gasteiger charge is 2.35. The van der Waals surface area contributed by atoms with Gasteiger partial charge in [-0.15, -0.1) is 0 Å². The van der Waals surface area contributed by atoms with Gasteiger partial charge in [0, 0.05) is 41.8 Å². The number of ether oxygens (including phenoxy) is 1. The second kappa shape index (κ2) is 9.84. The Kier molecular flexibility index (Phi) is 6.97. The number of nitro groups is 1. The first-order valence-electron chi connectivity index (χ1n) is 10.1. The lowest BCUT2D eigenvalue weighted by Crippen LogP contribution is -2.28. The average molecular weight is 419 g/mol. The van der Waals surface area contributed by atoms with Crippen molar-refractivity contribution in [1.82, 2.24) is 10.3 Å². The fourth-order valence-corrected chi connectivity index (χ4v) is 3.77. The van der Waals surface area contributed by atoms with Crippen LogP contribution in [-0.2, 0) is 9.53 Å². The zero-order valence-corrected chi connectivity index (χ0v) is 17.8. The second-order valence-electron chi connectivity index (χ2n) is 7.20.